The van der Waals surface area contributed by atoms with Crippen LogP contribution in [0.25, 0.3) is 0 Å². The predicted octanol–water partition coefficient (Wildman–Crippen LogP) is 5.19. The quantitative estimate of drug-likeness (QED) is 0.413. The van der Waals surface area contributed by atoms with Crippen molar-refractivity contribution < 1.29 is 18.9 Å². The van der Waals surface area contributed by atoms with Crippen molar-refractivity contribution in [3.63, 3.8) is 0 Å². The Labute approximate surface area is 232 Å². The molecule has 0 bridgehead atoms. The average Bonchev–Trinajstić information content (AvgIpc) is 3.44. The number of pyridine rings is 1. The number of halogens is 1. The van der Waals surface area contributed by atoms with Gasteiger partial charge in [0.1, 0.15) is 24.0 Å². The van der Waals surface area contributed by atoms with E-state index in [9.17, 15) is 10.1 Å². The summed E-state index contributed by atoms with van der Waals surface area (Å²) in [6.07, 6.45) is 1.84. The molecule has 1 aromatic heterocycles. The number of nitrogens with zero attached hydrogens (tertiary/aromatic N) is 2. The lowest BCUT2D eigenvalue weighted by molar-refractivity contribution is 0.0955. The van der Waals surface area contributed by atoms with Crippen LogP contribution in [-0.2, 0) is 17.9 Å². The fourth-order valence-corrected chi connectivity index (χ4v) is 5.20. The van der Waals surface area contributed by atoms with Crippen molar-refractivity contribution in [1.82, 2.24) is 4.57 Å². The van der Waals surface area contributed by atoms with E-state index < -0.39 is 5.92 Å². The van der Waals surface area contributed by atoms with Gasteiger partial charge >= 0.3 is 0 Å². The molecule has 2 N–H and O–H groups in total. The van der Waals surface area contributed by atoms with Gasteiger partial charge in [-0.3, -0.25) is 4.79 Å². The summed E-state index contributed by atoms with van der Waals surface area (Å²) >= 11 is 5.99. The molecule has 0 aliphatic carbocycles. The summed E-state index contributed by atoms with van der Waals surface area (Å²) in [5, 5.41) is 10.7. The summed E-state index contributed by atoms with van der Waals surface area (Å²) in [6, 6.07) is 16.8. The van der Waals surface area contributed by atoms with E-state index in [1.807, 2.05) is 44.2 Å². The number of aromatic nitrogens is 1. The van der Waals surface area contributed by atoms with Gasteiger partial charge in [0, 0.05) is 23.4 Å². The number of nitrogens with two attached hydrogens (primary N) is 1. The topological polar surface area (TPSA) is 109 Å². The highest BCUT2D eigenvalue weighted by Gasteiger charge is 2.35. The molecule has 2 atom stereocenters. The largest absolute Gasteiger partial charge is 0.490 e. The van der Waals surface area contributed by atoms with Gasteiger partial charge < -0.3 is 29.2 Å². The summed E-state index contributed by atoms with van der Waals surface area (Å²) in [5.41, 5.74) is 8.86. The number of ether oxygens (including phenoxy) is 4. The molecule has 3 heterocycles. The Morgan fingerprint density at radius 2 is 1.95 bits per heavy atom. The number of allylic oxidation sites excluding steroid dienone is 1. The lowest BCUT2D eigenvalue weighted by atomic mass is 9.83. The lowest BCUT2D eigenvalue weighted by Crippen LogP contribution is -2.35. The van der Waals surface area contributed by atoms with Crippen LogP contribution in [0.3, 0.4) is 0 Å². The highest BCUT2D eigenvalue weighted by molar-refractivity contribution is 6.30. The second kappa shape index (κ2) is 11.4. The van der Waals surface area contributed by atoms with Crippen molar-refractivity contribution in [1.29, 1.82) is 5.26 Å². The Morgan fingerprint density at radius 3 is 2.64 bits per heavy atom. The third-order valence-corrected chi connectivity index (χ3v) is 7.26. The van der Waals surface area contributed by atoms with Gasteiger partial charge in [0.2, 0.25) is 5.88 Å². The van der Waals surface area contributed by atoms with Crippen LogP contribution in [0, 0.1) is 18.3 Å². The monoisotopic (exact) mass is 547 g/mol. The number of nitriles is 1. The van der Waals surface area contributed by atoms with Crippen LogP contribution in [0.4, 0.5) is 0 Å². The molecule has 0 unspecified atom stereocenters. The zero-order chi connectivity index (χ0) is 27.5. The van der Waals surface area contributed by atoms with E-state index in [1.54, 1.807) is 22.8 Å². The molecular formula is C30H30ClN3O5. The molecule has 39 heavy (non-hydrogen) atoms. The number of hydrogen-bond donors (Lipinski definition) is 1. The molecule has 0 amide bonds. The molecule has 0 radical (unpaired) electrons. The van der Waals surface area contributed by atoms with Crippen LogP contribution in [-0.4, -0.2) is 23.9 Å². The molecule has 0 spiro atoms. The third-order valence-electron chi connectivity index (χ3n) is 7.01. The molecular weight excluding hydrogens is 518 g/mol. The highest BCUT2D eigenvalue weighted by atomic mass is 35.5. The van der Waals surface area contributed by atoms with Crippen LogP contribution in [0.2, 0.25) is 5.02 Å². The molecule has 202 valence electrons. The third kappa shape index (κ3) is 5.47. The second-order valence-corrected chi connectivity index (χ2v) is 10.0. The van der Waals surface area contributed by atoms with Crippen molar-refractivity contribution in [3.8, 4) is 23.3 Å². The number of benzene rings is 2. The highest BCUT2D eigenvalue weighted by Crippen LogP contribution is 2.43. The first-order chi connectivity index (χ1) is 18.9. The molecule has 0 saturated carbocycles. The van der Waals surface area contributed by atoms with E-state index in [2.05, 4.69) is 6.07 Å². The van der Waals surface area contributed by atoms with Crippen LogP contribution >= 0.6 is 11.6 Å². The molecule has 1 saturated heterocycles. The summed E-state index contributed by atoms with van der Waals surface area (Å²) in [6.45, 7) is 5.59. The SMILES string of the molecule is CCOc1cc([C@H]2C(C#N)=C(N)Oc3cc(C)n(C[C@H]4CCCO4)c(=O)c32)ccc1OCc1ccc(Cl)cc1. The standard InChI is InChI=1S/C30H30ClN3O5/c1-3-36-25-14-20(8-11-24(25)38-17-19-6-9-21(31)10-7-19)27-23(15-32)29(33)39-26-13-18(2)34(30(35)28(26)27)16-22-5-4-12-37-22/h6-11,13-14,22,27H,3-5,12,16-17,33H2,1-2H3/t22-,27+/m1/s1. The van der Waals surface area contributed by atoms with Crippen molar-refractivity contribution in [2.24, 2.45) is 5.73 Å². The first kappa shape index (κ1) is 26.7. The minimum atomic E-state index is -0.730. The smallest absolute Gasteiger partial charge is 0.258 e. The maximum atomic E-state index is 13.9. The van der Waals surface area contributed by atoms with Crippen LogP contribution in [0.1, 0.15) is 48.1 Å². The minimum absolute atomic E-state index is 0.0216. The van der Waals surface area contributed by atoms with Gasteiger partial charge in [-0.15, -0.1) is 0 Å². The van der Waals surface area contributed by atoms with Crippen molar-refractivity contribution in [3.05, 3.63) is 97.7 Å². The zero-order valence-electron chi connectivity index (χ0n) is 21.9. The normalized spacial score (nSPS) is 18.3. The van der Waals surface area contributed by atoms with E-state index in [4.69, 9.17) is 36.3 Å². The van der Waals surface area contributed by atoms with E-state index in [0.29, 0.717) is 59.8 Å². The van der Waals surface area contributed by atoms with Crippen LogP contribution < -0.4 is 25.5 Å². The van der Waals surface area contributed by atoms with Gasteiger partial charge in [-0.1, -0.05) is 29.8 Å². The lowest BCUT2D eigenvalue weighted by Gasteiger charge is -2.28. The first-order valence-corrected chi connectivity index (χ1v) is 13.3. The van der Waals surface area contributed by atoms with E-state index >= 15 is 0 Å². The molecule has 3 aromatic rings. The maximum absolute atomic E-state index is 13.9. The predicted molar refractivity (Wildman–Crippen MR) is 147 cm³/mol. The fourth-order valence-electron chi connectivity index (χ4n) is 5.07. The number of hydrogen-bond acceptors (Lipinski definition) is 7. The van der Waals surface area contributed by atoms with Crippen LogP contribution in [0.5, 0.6) is 17.2 Å². The van der Waals surface area contributed by atoms with Gasteiger partial charge in [0.25, 0.3) is 5.56 Å². The van der Waals surface area contributed by atoms with Gasteiger partial charge in [0.15, 0.2) is 11.5 Å². The Bertz CT molecular complexity index is 1500. The van der Waals surface area contributed by atoms with Crippen molar-refractivity contribution >= 4 is 11.6 Å². The van der Waals surface area contributed by atoms with Gasteiger partial charge in [-0.05, 0) is 62.1 Å². The van der Waals surface area contributed by atoms with Gasteiger partial charge in [0.05, 0.1) is 30.7 Å². The number of rotatable bonds is 8. The fraction of sp³-hybridized carbons (Fsp3) is 0.333. The molecule has 2 aromatic carbocycles. The molecule has 2 aliphatic rings. The Kier molecular flexibility index (Phi) is 7.82. The molecule has 8 nitrogen and oxygen atoms in total. The Hall–Kier alpha value is -3.93. The zero-order valence-corrected chi connectivity index (χ0v) is 22.7. The number of fused-ring (bicyclic) bond motifs is 1. The van der Waals surface area contributed by atoms with Gasteiger partial charge in [-0.25, -0.2) is 0 Å². The molecule has 9 heteroatoms. The van der Waals surface area contributed by atoms with E-state index in [-0.39, 0.29) is 23.1 Å². The molecule has 1 fully saturated rings. The summed E-state index contributed by atoms with van der Waals surface area (Å²) in [4.78, 5) is 13.9. The second-order valence-electron chi connectivity index (χ2n) is 9.59. The molecule has 5 rings (SSSR count). The van der Waals surface area contributed by atoms with Crippen molar-refractivity contribution in [2.75, 3.05) is 13.2 Å². The Morgan fingerprint density at radius 1 is 1.15 bits per heavy atom. The summed E-state index contributed by atoms with van der Waals surface area (Å²) < 4.78 is 25.3. The Balaban J connectivity index is 1.55. The summed E-state index contributed by atoms with van der Waals surface area (Å²) in [5.74, 6) is 0.639. The average molecular weight is 548 g/mol. The number of aryl methyl sites for hydroxylation is 1. The van der Waals surface area contributed by atoms with Crippen molar-refractivity contribution in [2.45, 2.75) is 51.9 Å². The van der Waals surface area contributed by atoms with Gasteiger partial charge in [-0.2, -0.15) is 5.26 Å². The maximum Gasteiger partial charge on any atom is 0.258 e. The minimum Gasteiger partial charge on any atom is -0.490 e. The van der Waals surface area contributed by atoms with E-state index in [0.717, 1.165) is 24.1 Å². The first-order valence-electron chi connectivity index (χ1n) is 13.0. The molecule has 2 aliphatic heterocycles. The summed E-state index contributed by atoms with van der Waals surface area (Å²) in [7, 11) is 0. The van der Waals surface area contributed by atoms with Crippen LogP contribution in [0.15, 0.2) is 64.8 Å². The van der Waals surface area contributed by atoms with E-state index in [1.165, 1.54) is 0 Å².